The van der Waals surface area contributed by atoms with Crippen LogP contribution in [0.5, 0.6) is 5.75 Å². The number of para-hydroxylation sites is 1. The van der Waals surface area contributed by atoms with E-state index in [1.807, 2.05) is 55.4 Å². The first-order valence-electron chi connectivity index (χ1n) is 10.6. The maximum absolute atomic E-state index is 13.2. The number of fused-ring (bicyclic) bond motifs is 1. The number of rotatable bonds is 7. The van der Waals surface area contributed by atoms with Gasteiger partial charge >= 0.3 is 0 Å². The topological polar surface area (TPSA) is 85.9 Å². The third-order valence-electron chi connectivity index (χ3n) is 5.80. The zero-order chi connectivity index (χ0) is 22.8. The number of aliphatic hydroxyl groups excluding tert-OH is 1. The molecule has 0 spiro atoms. The van der Waals surface area contributed by atoms with Crippen molar-refractivity contribution in [3.05, 3.63) is 71.4 Å². The Morgan fingerprint density at radius 2 is 1.94 bits per heavy atom. The minimum atomic E-state index is -0.694. The Kier molecular flexibility index (Phi) is 6.01. The molecule has 0 aliphatic carbocycles. The normalized spacial score (nSPS) is 18.1. The lowest BCUT2D eigenvalue weighted by Gasteiger charge is -2.26. The van der Waals surface area contributed by atoms with Crippen molar-refractivity contribution in [1.82, 2.24) is 14.8 Å². The number of carbonyl (C=O) groups is 2. The van der Waals surface area contributed by atoms with Crippen LogP contribution in [0.25, 0.3) is 16.7 Å². The Morgan fingerprint density at radius 1 is 1.16 bits per heavy atom. The van der Waals surface area contributed by atoms with Crippen LogP contribution in [0.3, 0.4) is 0 Å². The van der Waals surface area contributed by atoms with Crippen LogP contribution in [0, 0.1) is 0 Å². The van der Waals surface area contributed by atoms with Crippen LogP contribution in [-0.2, 0) is 9.59 Å². The number of H-pyrrole nitrogens is 1. The molecule has 4 rings (SSSR count). The molecule has 2 heterocycles. The fourth-order valence-corrected chi connectivity index (χ4v) is 4.24. The van der Waals surface area contributed by atoms with Crippen LogP contribution in [0.4, 0.5) is 0 Å². The third-order valence-corrected chi connectivity index (χ3v) is 5.80. The minimum absolute atomic E-state index is 0.0952. The van der Waals surface area contributed by atoms with Crippen LogP contribution in [0.2, 0.25) is 0 Å². The summed E-state index contributed by atoms with van der Waals surface area (Å²) in [6, 6.07) is 14.1. The summed E-state index contributed by atoms with van der Waals surface area (Å²) in [5.41, 5.74) is 2.15. The summed E-state index contributed by atoms with van der Waals surface area (Å²) in [4.78, 5) is 32.9. The van der Waals surface area contributed by atoms with E-state index in [1.54, 1.807) is 30.3 Å². The van der Waals surface area contributed by atoms with Gasteiger partial charge in [-0.05, 0) is 50.8 Å². The van der Waals surface area contributed by atoms with E-state index in [0.29, 0.717) is 24.3 Å². The number of aromatic amines is 1. The van der Waals surface area contributed by atoms with Crippen molar-refractivity contribution < 1.29 is 19.4 Å². The molecule has 1 amide bonds. The Bertz CT molecular complexity index is 1190. The molecular formula is C25H27N3O4. The van der Waals surface area contributed by atoms with Crippen molar-refractivity contribution in [3.8, 4) is 5.75 Å². The molecule has 1 aromatic heterocycles. The number of aromatic nitrogens is 1. The van der Waals surface area contributed by atoms with Gasteiger partial charge in [-0.25, -0.2) is 0 Å². The molecule has 166 valence electrons. The number of ether oxygens (including phenoxy) is 1. The molecule has 0 unspecified atom stereocenters. The standard InChI is InChI=1S/C25H27N3O4/c1-27(2)12-7-13-28-22(16-8-6-9-17(14-16)32-3)21(24(30)25(28)31)23(29)19-15-26-20-11-5-4-10-18(19)20/h4-6,8-11,14-15,22,26,29H,7,12-13H2,1-3H3/b23-21+/t22-/m1/s1. The molecule has 1 aliphatic rings. The smallest absolute Gasteiger partial charge is 0.295 e. The van der Waals surface area contributed by atoms with E-state index < -0.39 is 17.7 Å². The number of nitrogens with zero attached hydrogens (tertiary/aromatic N) is 2. The van der Waals surface area contributed by atoms with Crippen molar-refractivity contribution >= 4 is 28.4 Å². The first kappa shape index (κ1) is 21.6. The lowest BCUT2D eigenvalue weighted by Crippen LogP contribution is -2.32. The maximum atomic E-state index is 13.2. The molecule has 1 aliphatic heterocycles. The van der Waals surface area contributed by atoms with E-state index in [2.05, 4.69) is 4.98 Å². The number of likely N-dealkylation sites (tertiary alicyclic amines) is 1. The van der Waals surface area contributed by atoms with Gasteiger partial charge in [0.1, 0.15) is 11.5 Å². The number of amides is 1. The third kappa shape index (κ3) is 3.87. The average molecular weight is 434 g/mol. The van der Waals surface area contributed by atoms with E-state index in [-0.39, 0.29) is 11.3 Å². The van der Waals surface area contributed by atoms with Gasteiger partial charge in [0.25, 0.3) is 11.7 Å². The predicted octanol–water partition coefficient (Wildman–Crippen LogP) is 3.55. The van der Waals surface area contributed by atoms with Crippen LogP contribution in [0.15, 0.2) is 60.3 Å². The summed E-state index contributed by atoms with van der Waals surface area (Å²) < 4.78 is 5.36. The zero-order valence-corrected chi connectivity index (χ0v) is 18.5. The number of hydrogen-bond acceptors (Lipinski definition) is 5. The number of Topliss-reactive ketones (excluding diaryl/α,β-unsaturated/α-hetero) is 1. The number of methoxy groups -OCH3 is 1. The number of hydrogen-bond donors (Lipinski definition) is 2. The SMILES string of the molecule is COc1cccc([C@@H]2/C(=C(\O)c3c[nH]c4ccccc34)C(=O)C(=O)N2CCCN(C)C)c1. The van der Waals surface area contributed by atoms with Crippen LogP contribution < -0.4 is 4.74 Å². The monoisotopic (exact) mass is 433 g/mol. The van der Waals surface area contributed by atoms with Crippen LogP contribution in [0.1, 0.15) is 23.6 Å². The lowest BCUT2D eigenvalue weighted by atomic mass is 9.95. The van der Waals surface area contributed by atoms with Gasteiger partial charge in [0.05, 0.1) is 18.7 Å². The molecule has 0 bridgehead atoms. The molecule has 32 heavy (non-hydrogen) atoms. The lowest BCUT2D eigenvalue weighted by molar-refractivity contribution is -0.139. The highest BCUT2D eigenvalue weighted by Gasteiger charge is 2.46. The fraction of sp³-hybridized carbons (Fsp3) is 0.280. The van der Waals surface area contributed by atoms with Crippen molar-refractivity contribution in [1.29, 1.82) is 0 Å². The first-order valence-corrected chi connectivity index (χ1v) is 10.6. The molecule has 1 atom stereocenters. The highest BCUT2D eigenvalue weighted by atomic mass is 16.5. The van der Waals surface area contributed by atoms with Gasteiger partial charge in [-0.15, -0.1) is 0 Å². The highest BCUT2D eigenvalue weighted by Crippen LogP contribution is 2.41. The molecule has 0 radical (unpaired) electrons. The Labute approximate surface area is 186 Å². The largest absolute Gasteiger partial charge is 0.507 e. The van der Waals surface area contributed by atoms with Gasteiger partial charge < -0.3 is 24.6 Å². The van der Waals surface area contributed by atoms with E-state index >= 15 is 0 Å². The highest BCUT2D eigenvalue weighted by molar-refractivity contribution is 6.46. The molecule has 1 saturated heterocycles. The van der Waals surface area contributed by atoms with E-state index in [0.717, 1.165) is 23.0 Å². The Morgan fingerprint density at radius 3 is 2.69 bits per heavy atom. The maximum Gasteiger partial charge on any atom is 0.295 e. The molecule has 3 aromatic rings. The van der Waals surface area contributed by atoms with E-state index in [1.165, 1.54) is 0 Å². The van der Waals surface area contributed by atoms with Gasteiger partial charge in [0, 0.05) is 29.2 Å². The fourth-order valence-electron chi connectivity index (χ4n) is 4.24. The summed E-state index contributed by atoms with van der Waals surface area (Å²) in [5.74, 6) is -0.833. The summed E-state index contributed by atoms with van der Waals surface area (Å²) in [6.45, 7) is 1.17. The van der Waals surface area contributed by atoms with Crippen LogP contribution in [-0.4, -0.2) is 65.9 Å². The van der Waals surface area contributed by atoms with E-state index in [4.69, 9.17) is 4.74 Å². The Balaban J connectivity index is 1.85. The first-order chi connectivity index (χ1) is 15.4. The molecule has 7 heteroatoms. The quantitative estimate of drug-likeness (QED) is 0.338. The van der Waals surface area contributed by atoms with Gasteiger partial charge in [-0.3, -0.25) is 9.59 Å². The van der Waals surface area contributed by atoms with Crippen LogP contribution >= 0.6 is 0 Å². The van der Waals surface area contributed by atoms with Gasteiger partial charge in [-0.2, -0.15) is 0 Å². The van der Waals surface area contributed by atoms with Crippen molar-refractivity contribution in [2.24, 2.45) is 0 Å². The van der Waals surface area contributed by atoms with Crippen molar-refractivity contribution in [3.63, 3.8) is 0 Å². The second-order valence-corrected chi connectivity index (χ2v) is 8.17. The molecule has 0 saturated carbocycles. The molecule has 2 N–H and O–H groups in total. The summed E-state index contributed by atoms with van der Waals surface area (Å²) in [5, 5.41) is 12.1. The van der Waals surface area contributed by atoms with Gasteiger partial charge in [0.2, 0.25) is 0 Å². The number of ketones is 1. The average Bonchev–Trinajstić information content (AvgIpc) is 3.33. The molecular weight excluding hydrogens is 406 g/mol. The Hall–Kier alpha value is -3.58. The summed E-state index contributed by atoms with van der Waals surface area (Å²) in [6.07, 6.45) is 2.37. The number of benzene rings is 2. The molecule has 7 nitrogen and oxygen atoms in total. The number of nitrogens with one attached hydrogen (secondary N) is 1. The summed E-state index contributed by atoms with van der Waals surface area (Å²) >= 11 is 0. The number of carbonyl (C=O) groups excluding carboxylic acids is 2. The van der Waals surface area contributed by atoms with Gasteiger partial charge in [-0.1, -0.05) is 30.3 Å². The van der Waals surface area contributed by atoms with E-state index in [9.17, 15) is 14.7 Å². The summed E-state index contributed by atoms with van der Waals surface area (Å²) in [7, 11) is 5.49. The predicted molar refractivity (Wildman–Crippen MR) is 123 cm³/mol. The molecule has 2 aromatic carbocycles. The zero-order valence-electron chi connectivity index (χ0n) is 18.5. The number of aliphatic hydroxyl groups is 1. The second-order valence-electron chi connectivity index (χ2n) is 8.17. The van der Waals surface area contributed by atoms with Gasteiger partial charge in [0.15, 0.2) is 0 Å². The van der Waals surface area contributed by atoms with Crippen molar-refractivity contribution in [2.45, 2.75) is 12.5 Å². The van der Waals surface area contributed by atoms with Crippen molar-refractivity contribution in [2.75, 3.05) is 34.3 Å². The molecule has 1 fully saturated rings. The minimum Gasteiger partial charge on any atom is -0.507 e. The second kappa shape index (κ2) is 8.88.